The molecule has 0 aliphatic heterocycles. The number of carboxylic acid groups (broad SMARTS) is 1. The molecule has 0 bridgehead atoms. The van der Waals surface area contributed by atoms with Gasteiger partial charge in [0.05, 0.1) is 27.5 Å². The van der Waals surface area contributed by atoms with Crippen molar-refractivity contribution >= 4 is 29.2 Å². The lowest BCUT2D eigenvalue weighted by Crippen LogP contribution is -2.08. The maximum absolute atomic E-state index is 11.1. The average Bonchev–Trinajstić information content (AvgIpc) is 3.12. The lowest BCUT2D eigenvalue weighted by atomic mass is 9.99. The summed E-state index contributed by atoms with van der Waals surface area (Å²) in [4.78, 5) is 11.1. The summed E-state index contributed by atoms with van der Waals surface area (Å²) in [5.74, 6) is -0.226. The number of hydrogen-bond acceptors (Lipinski definition) is 3. The van der Waals surface area contributed by atoms with Gasteiger partial charge in [0, 0.05) is 0 Å². The van der Waals surface area contributed by atoms with E-state index in [2.05, 4.69) is 5.10 Å². The Bertz CT molecular complexity index is 1280. The fraction of sp³-hybridized carbons (Fsp3) is 0.120. The van der Waals surface area contributed by atoms with Crippen LogP contribution in [0.1, 0.15) is 27.2 Å². The van der Waals surface area contributed by atoms with Gasteiger partial charge in [0.25, 0.3) is 0 Å². The molecule has 0 radical (unpaired) electrons. The number of rotatable bonds is 6. The zero-order valence-electron chi connectivity index (χ0n) is 17.5. The highest BCUT2D eigenvalue weighted by atomic mass is 35.5. The fourth-order valence-electron chi connectivity index (χ4n) is 3.51. The lowest BCUT2D eigenvalue weighted by molar-refractivity contribution is 0.0697. The number of aromatic carboxylic acids is 1. The van der Waals surface area contributed by atoms with Gasteiger partial charge >= 0.3 is 5.97 Å². The molecule has 0 saturated carbocycles. The van der Waals surface area contributed by atoms with Crippen LogP contribution in [0.3, 0.4) is 0 Å². The van der Waals surface area contributed by atoms with Crippen molar-refractivity contribution in [3.05, 3.63) is 99.3 Å². The first kappa shape index (κ1) is 21.9. The standard InChI is InChI=1S/C25H20Cl2N2O3/c1-15-12-19(10-11-20(15)17-6-8-18(9-7-17)25(30)31)32-14-23-16(2)13-28-29(23)24-21(26)4-3-5-22(24)27/h3-13H,14H2,1-2H3,(H,30,31). The van der Waals surface area contributed by atoms with Gasteiger partial charge in [0.15, 0.2) is 0 Å². The molecule has 0 atom stereocenters. The molecular formula is C25H20Cl2N2O3. The lowest BCUT2D eigenvalue weighted by Gasteiger charge is -2.14. The number of para-hydroxylation sites is 1. The summed E-state index contributed by atoms with van der Waals surface area (Å²) in [6, 6.07) is 18.0. The van der Waals surface area contributed by atoms with Crippen LogP contribution in [0.25, 0.3) is 16.8 Å². The molecule has 0 aliphatic rings. The Morgan fingerprint density at radius 3 is 2.31 bits per heavy atom. The summed E-state index contributed by atoms with van der Waals surface area (Å²) >= 11 is 12.7. The molecule has 0 amide bonds. The Balaban J connectivity index is 1.56. The quantitative estimate of drug-likeness (QED) is 0.341. The van der Waals surface area contributed by atoms with Crippen LogP contribution < -0.4 is 4.74 Å². The molecule has 0 unspecified atom stereocenters. The van der Waals surface area contributed by atoms with Crippen LogP contribution in [-0.4, -0.2) is 20.9 Å². The number of aromatic nitrogens is 2. The fourth-order valence-corrected chi connectivity index (χ4v) is 4.07. The van der Waals surface area contributed by atoms with Crippen LogP contribution in [-0.2, 0) is 6.61 Å². The van der Waals surface area contributed by atoms with E-state index < -0.39 is 5.97 Å². The zero-order valence-corrected chi connectivity index (χ0v) is 19.0. The zero-order chi connectivity index (χ0) is 22.8. The van der Waals surface area contributed by atoms with Crippen LogP contribution in [0.2, 0.25) is 10.0 Å². The molecule has 1 N–H and O–H groups in total. The van der Waals surface area contributed by atoms with Crippen molar-refractivity contribution in [1.82, 2.24) is 9.78 Å². The molecule has 5 nitrogen and oxygen atoms in total. The molecule has 0 saturated heterocycles. The largest absolute Gasteiger partial charge is 0.487 e. The monoisotopic (exact) mass is 466 g/mol. The summed E-state index contributed by atoms with van der Waals surface area (Å²) in [6.07, 6.45) is 1.76. The SMILES string of the molecule is Cc1cc(OCc2c(C)cnn2-c2c(Cl)cccc2Cl)ccc1-c1ccc(C(=O)O)cc1. The van der Waals surface area contributed by atoms with E-state index in [1.807, 2.05) is 44.2 Å². The second-order valence-corrected chi connectivity index (χ2v) is 8.22. The predicted molar refractivity (Wildman–Crippen MR) is 126 cm³/mol. The topological polar surface area (TPSA) is 64.4 Å². The third-order valence-electron chi connectivity index (χ3n) is 5.24. The number of aryl methyl sites for hydroxylation is 2. The van der Waals surface area contributed by atoms with Gasteiger partial charge in [-0.2, -0.15) is 5.10 Å². The number of nitrogens with zero attached hydrogens (tertiary/aromatic N) is 2. The van der Waals surface area contributed by atoms with Crippen LogP contribution >= 0.6 is 23.2 Å². The van der Waals surface area contributed by atoms with Crippen molar-refractivity contribution in [1.29, 1.82) is 0 Å². The summed E-state index contributed by atoms with van der Waals surface area (Å²) < 4.78 is 7.78. The van der Waals surface area contributed by atoms with Gasteiger partial charge in [-0.1, -0.05) is 47.5 Å². The first-order valence-electron chi connectivity index (χ1n) is 9.90. The first-order valence-corrected chi connectivity index (χ1v) is 10.7. The second-order valence-electron chi connectivity index (χ2n) is 7.40. The number of benzene rings is 3. The summed E-state index contributed by atoms with van der Waals surface area (Å²) in [5.41, 5.74) is 5.68. The van der Waals surface area contributed by atoms with E-state index in [0.717, 1.165) is 27.9 Å². The van der Waals surface area contributed by atoms with Gasteiger partial charge in [-0.05, 0) is 72.5 Å². The van der Waals surface area contributed by atoms with Gasteiger partial charge in [-0.3, -0.25) is 0 Å². The highest BCUT2D eigenvalue weighted by molar-refractivity contribution is 6.37. The molecule has 0 aliphatic carbocycles. The smallest absolute Gasteiger partial charge is 0.335 e. The van der Waals surface area contributed by atoms with Gasteiger partial charge < -0.3 is 9.84 Å². The molecule has 3 aromatic carbocycles. The molecule has 162 valence electrons. The average molecular weight is 467 g/mol. The van der Waals surface area contributed by atoms with E-state index in [-0.39, 0.29) is 5.56 Å². The number of halogens is 2. The molecule has 4 rings (SSSR count). The number of carboxylic acids is 1. The highest BCUT2D eigenvalue weighted by Crippen LogP contribution is 2.31. The number of hydrogen-bond donors (Lipinski definition) is 1. The van der Waals surface area contributed by atoms with E-state index in [9.17, 15) is 4.79 Å². The minimum atomic E-state index is -0.940. The summed E-state index contributed by atoms with van der Waals surface area (Å²) in [5, 5.41) is 14.5. The number of ether oxygens (including phenoxy) is 1. The Hall–Kier alpha value is -3.28. The summed E-state index contributed by atoms with van der Waals surface area (Å²) in [6.45, 7) is 4.24. The minimum Gasteiger partial charge on any atom is -0.487 e. The molecule has 7 heteroatoms. The van der Waals surface area contributed by atoms with Crippen LogP contribution in [0.15, 0.2) is 66.9 Å². The highest BCUT2D eigenvalue weighted by Gasteiger charge is 2.16. The molecule has 4 aromatic rings. The minimum absolute atomic E-state index is 0.261. The van der Waals surface area contributed by atoms with Crippen LogP contribution in [0.4, 0.5) is 0 Å². The van der Waals surface area contributed by atoms with E-state index in [4.69, 9.17) is 33.0 Å². The Labute approximate surface area is 195 Å². The predicted octanol–water partition coefficient (Wildman–Crippen LogP) is 6.74. The van der Waals surface area contributed by atoms with Crippen molar-refractivity contribution in [3.63, 3.8) is 0 Å². The van der Waals surface area contributed by atoms with Crippen LogP contribution in [0, 0.1) is 13.8 Å². The maximum atomic E-state index is 11.1. The third kappa shape index (κ3) is 4.35. The van der Waals surface area contributed by atoms with E-state index in [1.165, 1.54) is 0 Å². The molecule has 32 heavy (non-hydrogen) atoms. The molecular weight excluding hydrogens is 447 g/mol. The van der Waals surface area contributed by atoms with Crippen LogP contribution in [0.5, 0.6) is 5.75 Å². The van der Waals surface area contributed by atoms with E-state index in [1.54, 1.807) is 41.2 Å². The van der Waals surface area contributed by atoms with Gasteiger partial charge in [0.1, 0.15) is 18.0 Å². The van der Waals surface area contributed by atoms with Crippen molar-refractivity contribution in [2.24, 2.45) is 0 Å². The van der Waals surface area contributed by atoms with Gasteiger partial charge in [-0.15, -0.1) is 0 Å². The number of carbonyl (C=O) groups is 1. The first-order chi connectivity index (χ1) is 15.3. The van der Waals surface area contributed by atoms with Gasteiger partial charge in [0.2, 0.25) is 0 Å². The Morgan fingerprint density at radius 1 is 1.00 bits per heavy atom. The molecule has 0 fully saturated rings. The maximum Gasteiger partial charge on any atom is 0.335 e. The Morgan fingerprint density at radius 2 is 1.69 bits per heavy atom. The van der Waals surface area contributed by atoms with E-state index >= 15 is 0 Å². The third-order valence-corrected chi connectivity index (χ3v) is 5.85. The van der Waals surface area contributed by atoms with Gasteiger partial charge in [-0.25, -0.2) is 9.48 Å². The van der Waals surface area contributed by atoms with Crippen molar-refractivity contribution < 1.29 is 14.6 Å². The molecule has 1 aromatic heterocycles. The van der Waals surface area contributed by atoms with Crippen molar-refractivity contribution in [2.45, 2.75) is 20.5 Å². The Kier molecular flexibility index (Phi) is 6.21. The normalized spacial score (nSPS) is 10.9. The van der Waals surface area contributed by atoms with Crippen molar-refractivity contribution in [3.8, 4) is 22.6 Å². The molecule has 0 spiro atoms. The van der Waals surface area contributed by atoms with E-state index in [0.29, 0.717) is 28.1 Å². The van der Waals surface area contributed by atoms with Crippen molar-refractivity contribution in [2.75, 3.05) is 0 Å². The summed E-state index contributed by atoms with van der Waals surface area (Å²) in [7, 11) is 0. The molecule has 1 heterocycles. The second kappa shape index (κ2) is 9.07.